The molecule has 0 spiro atoms. The van der Waals surface area contributed by atoms with Crippen LogP contribution in [0.1, 0.15) is 51.9 Å². The summed E-state index contributed by atoms with van der Waals surface area (Å²) >= 11 is 0. The highest BCUT2D eigenvalue weighted by Gasteiger charge is 2.30. The summed E-state index contributed by atoms with van der Waals surface area (Å²) in [5.41, 5.74) is 7.15. The maximum atomic E-state index is 2.55. The van der Waals surface area contributed by atoms with Crippen LogP contribution in [0.15, 0.2) is 22.3 Å². The van der Waals surface area contributed by atoms with Gasteiger partial charge in [0, 0.05) is 13.1 Å². The van der Waals surface area contributed by atoms with Crippen molar-refractivity contribution < 1.29 is 0 Å². The van der Waals surface area contributed by atoms with Crippen LogP contribution in [-0.4, -0.2) is 25.0 Å². The lowest BCUT2D eigenvalue weighted by Crippen LogP contribution is -2.27. The van der Waals surface area contributed by atoms with Crippen molar-refractivity contribution in [1.29, 1.82) is 0 Å². The molecule has 0 aromatic rings. The molecular formula is C16H25N. The van der Waals surface area contributed by atoms with Gasteiger partial charge in [-0.1, -0.05) is 11.1 Å². The first kappa shape index (κ1) is 11.5. The van der Waals surface area contributed by atoms with Gasteiger partial charge in [-0.3, -0.25) is 0 Å². The van der Waals surface area contributed by atoms with Gasteiger partial charge in [0.2, 0.25) is 0 Å². The molecular weight excluding hydrogens is 206 g/mol. The molecule has 1 atom stereocenters. The van der Waals surface area contributed by atoms with E-state index in [1.54, 1.807) is 11.1 Å². The van der Waals surface area contributed by atoms with E-state index in [4.69, 9.17) is 0 Å². The third-order valence-electron chi connectivity index (χ3n) is 4.97. The molecule has 0 N–H and O–H groups in total. The summed E-state index contributed by atoms with van der Waals surface area (Å²) in [5.74, 6) is 0.856. The Morgan fingerprint density at radius 3 is 2.82 bits per heavy atom. The highest BCUT2D eigenvalue weighted by Crippen LogP contribution is 2.43. The number of rotatable bonds is 0. The zero-order valence-electron chi connectivity index (χ0n) is 11.4. The van der Waals surface area contributed by atoms with E-state index in [9.17, 15) is 0 Å². The van der Waals surface area contributed by atoms with E-state index in [0.717, 1.165) is 5.92 Å². The summed E-state index contributed by atoms with van der Waals surface area (Å²) < 4.78 is 0. The van der Waals surface area contributed by atoms with Crippen LogP contribution in [0.5, 0.6) is 0 Å². The van der Waals surface area contributed by atoms with Gasteiger partial charge in [0.25, 0.3) is 0 Å². The zero-order valence-corrected chi connectivity index (χ0v) is 11.4. The van der Waals surface area contributed by atoms with Crippen LogP contribution in [-0.2, 0) is 0 Å². The van der Waals surface area contributed by atoms with Crippen molar-refractivity contribution in [3.05, 3.63) is 22.3 Å². The zero-order chi connectivity index (χ0) is 11.8. The van der Waals surface area contributed by atoms with E-state index in [1.807, 2.05) is 11.1 Å². The van der Waals surface area contributed by atoms with Crippen LogP contribution < -0.4 is 0 Å². The largest absolute Gasteiger partial charge is 0.305 e. The molecule has 0 bridgehead atoms. The Labute approximate surface area is 106 Å². The molecule has 0 amide bonds. The molecule has 0 saturated heterocycles. The van der Waals surface area contributed by atoms with E-state index in [-0.39, 0.29) is 0 Å². The lowest BCUT2D eigenvalue weighted by Gasteiger charge is -2.31. The highest BCUT2D eigenvalue weighted by atomic mass is 15.1. The van der Waals surface area contributed by atoms with Gasteiger partial charge < -0.3 is 4.90 Å². The Balaban J connectivity index is 2.05. The van der Waals surface area contributed by atoms with Crippen LogP contribution in [0, 0.1) is 5.92 Å². The quantitative estimate of drug-likeness (QED) is 0.611. The average molecular weight is 231 g/mol. The fourth-order valence-electron chi connectivity index (χ4n) is 4.08. The maximum absolute atomic E-state index is 2.55. The van der Waals surface area contributed by atoms with Crippen LogP contribution in [0.25, 0.3) is 0 Å². The first-order valence-corrected chi connectivity index (χ1v) is 7.35. The fraction of sp³-hybridized carbons (Fsp3) is 0.750. The summed E-state index contributed by atoms with van der Waals surface area (Å²) in [5, 5.41) is 0. The molecule has 1 unspecified atom stereocenters. The van der Waals surface area contributed by atoms with Gasteiger partial charge in [0.05, 0.1) is 0 Å². The molecule has 1 aliphatic heterocycles. The molecule has 94 valence electrons. The van der Waals surface area contributed by atoms with Gasteiger partial charge in [-0.25, -0.2) is 0 Å². The minimum Gasteiger partial charge on any atom is -0.305 e. The third-order valence-corrected chi connectivity index (χ3v) is 4.97. The first-order chi connectivity index (χ1) is 8.25. The first-order valence-electron chi connectivity index (χ1n) is 7.35. The predicted octanol–water partition coefficient (Wildman–Crippen LogP) is 3.92. The van der Waals surface area contributed by atoms with Crippen molar-refractivity contribution in [3.63, 3.8) is 0 Å². The standard InChI is InChI=1S/C16H25N/c1-12-5-3-6-13-9-10-17(2)11-14-7-4-8-15(12)16(13)14/h14H,3-11H2,1-2H3. The highest BCUT2D eigenvalue weighted by molar-refractivity contribution is 5.44. The van der Waals surface area contributed by atoms with Crippen molar-refractivity contribution >= 4 is 0 Å². The lowest BCUT2D eigenvalue weighted by molar-refractivity contribution is 0.293. The normalized spacial score (nSPS) is 31.1. The van der Waals surface area contributed by atoms with Crippen molar-refractivity contribution in [1.82, 2.24) is 4.90 Å². The fourth-order valence-corrected chi connectivity index (χ4v) is 4.08. The Bertz CT molecular complexity index is 375. The number of hydrogen-bond acceptors (Lipinski definition) is 1. The molecule has 1 heteroatoms. The summed E-state index contributed by atoms with van der Waals surface area (Å²) in [6, 6.07) is 0. The second kappa shape index (κ2) is 4.61. The molecule has 2 aliphatic carbocycles. The molecule has 0 aromatic carbocycles. The van der Waals surface area contributed by atoms with Gasteiger partial charge in [0.1, 0.15) is 0 Å². The van der Waals surface area contributed by atoms with Gasteiger partial charge >= 0.3 is 0 Å². The molecule has 1 fully saturated rings. The Hall–Kier alpha value is -0.560. The average Bonchev–Trinajstić information content (AvgIpc) is 2.57. The molecule has 1 saturated carbocycles. The SMILES string of the molecule is CC1=C2CCCC3CN(C)CCC(=C23)CCC1. The van der Waals surface area contributed by atoms with Crippen molar-refractivity contribution in [2.45, 2.75) is 51.9 Å². The minimum atomic E-state index is 0.856. The van der Waals surface area contributed by atoms with Crippen LogP contribution in [0.2, 0.25) is 0 Å². The number of nitrogens with zero attached hydrogens (tertiary/aromatic N) is 1. The summed E-state index contributed by atoms with van der Waals surface area (Å²) in [4.78, 5) is 2.55. The lowest BCUT2D eigenvalue weighted by atomic mass is 9.77. The van der Waals surface area contributed by atoms with E-state index in [2.05, 4.69) is 18.9 Å². The van der Waals surface area contributed by atoms with Crippen molar-refractivity contribution in [2.75, 3.05) is 20.1 Å². The van der Waals surface area contributed by atoms with Crippen LogP contribution in [0.4, 0.5) is 0 Å². The Morgan fingerprint density at radius 2 is 1.94 bits per heavy atom. The summed E-state index contributed by atoms with van der Waals surface area (Å²) in [7, 11) is 2.30. The van der Waals surface area contributed by atoms with Crippen LogP contribution in [0.3, 0.4) is 0 Å². The van der Waals surface area contributed by atoms with Gasteiger partial charge in [0.15, 0.2) is 0 Å². The Morgan fingerprint density at radius 1 is 1.06 bits per heavy atom. The minimum absolute atomic E-state index is 0.856. The Kier molecular flexibility index (Phi) is 3.12. The summed E-state index contributed by atoms with van der Waals surface area (Å²) in [6.45, 7) is 4.97. The number of hydrogen-bond donors (Lipinski definition) is 0. The molecule has 1 nitrogen and oxygen atoms in total. The maximum Gasteiger partial charge on any atom is 0.00474 e. The second-order valence-electron chi connectivity index (χ2n) is 6.23. The van der Waals surface area contributed by atoms with E-state index < -0.39 is 0 Å². The molecule has 3 rings (SSSR count). The van der Waals surface area contributed by atoms with E-state index >= 15 is 0 Å². The second-order valence-corrected chi connectivity index (χ2v) is 6.23. The number of allylic oxidation sites excluding steroid dienone is 2. The van der Waals surface area contributed by atoms with E-state index in [0.29, 0.717) is 0 Å². The molecule has 3 aliphatic rings. The molecule has 0 radical (unpaired) electrons. The molecule has 17 heavy (non-hydrogen) atoms. The van der Waals surface area contributed by atoms with Gasteiger partial charge in [-0.15, -0.1) is 0 Å². The van der Waals surface area contributed by atoms with Crippen molar-refractivity contribution in [2.24, 2.45) is 5.92 Å². The van der Waals surface area contributed by atoms with Crippen LogP contribution >= 0.6 is 0 Å². The summed E-state index contributed by atoms with van der Waals surface area (Å²) in [6.07, 6.45) is 9.67. The molecule has 0 aromatic heterocycles. The predicted molar refractivity (Wildman–Crippen MR) is 73.0 cm³/mol. The smallest absolute Gasteiger partial charge is 0.00474 e. The monoisotopic (exact) mass is 231 g/mol. The third kappa shape index (κ3) is 2.10. The van der Waals surface area contributed by atoms with E-state index in [1.165, 1.54) is 58.0 Å². The van der Waals surface area contributed by atoms with Gasteiger partial charge in [-0.2, -0.15) is 0 Å². The van der Waals surface area contributed by atoms with Gasteiger partial charge in [-0.05, 0) is 76.0 Å². The van der Waals surface area contributed by atoms with Crippen molar-refractivity contribution in [3.8, 4) is 0 Å². The molecule has 1 heterocycles. The topological polar surface area (TPSA) is 3.24 Å².